The van der Waals surface area contributed by atoms with Crippen LogP contribution in [0.1, 0.15) is 23.1 Å². The van der Waals surface area contributed by atoms with E-state index < -0.39 is 32.5 Å². The molecule has 192 valence electrons. The van der Waals surface area contributed by atoms with Crippen molar-refractivity contribution in [1.29, 1.82) is 0 Å². The summed E-state index contributed by atoms with van der Waals surface area (Å²) in [6.07, 6.45) is 0.610. The lowest BCUT2D eigenvalue weighted by molar-refractivity contribution is -0.119. The molecule has 0 saturated heterocycles. The third-order valence-electron chi connectivity index (χ3n) is 5.85. The molecule has 4 rings (SSSR count). The molecular formula is C28H25F2NO5S. The van der Waals surface area contributed by atoms with E-state index in [9.17, 15) is 27.1 Å². The molecule has 37 heavy (non-hydrogen) atoms. The Hall–Kier alpha value is -3.82. The highest BCUT2D eigenvalue weighted by molar-refractivity contribution is 7.90. The molecule has 0 bridgehead atoms. The first kappa shape index (κ1) is 26.2. The van der Waals surface area contributed by atoms with E-state index in [-0.39, 0.29) is 19.4 Å². The third kappa shape index (κ3) is 6.69. The number of benzene rings is 4. The van der Waals surface area contributed by atoms with Crippen molar-refractivity contribution in [2.24, 2.45) is 0 Å². The van der Waals surface area contributed by atoms with Crippen LogP contribution in [0, 0.1) is 11.6 Å². The van der Waals surface area contributed by atoms with Crippen LogP contribution in [-0.2, 0) is 34.3 Å². The zero-order valence-electron chi connectivity index (χ0n) is 19.8. The van der Waals surface area contributed by atoms with Gasteiger partial charge in [-0.2, -0.15) is 0 Å². The molecule has 0 radical (unpaired) electrons. The van der Waals surface area contributed by atoms with Crippen molar-refractivity contribution in [2.45, 2.75) is 30.8 Å². The number of amides is 1. The minimum absolute atomic E-state index is 0.163. The molecule has 6 nitrogen and oxygen atoms in total. The van der Waals surface area contributed by atoms with Gasteiger partial charge in [0.25, 0.3) is 10.0 Å². The topological polar surface area (TPSA) is 92.7 Å². The van der Waals surface area contributed by atoms with E-state index >= 15 is 0 Å². The molecule has 0 unspecified atom stereocenters. The second-order valence-electron chi connectivity index (χ2n) is 8.48. The Morgan fingerprint density at radius 1 is 0.838 bits per heavy atom. The van der Waals surface area contributed by atoms with Crippen LogP contribution in [0.4, 0.5) is 8.78 Å². The molecular weight excluding hydrogens is 500 g/mol. The standard InChI is InChI=1S/C28H25F2NO5S/c29-25-11-10-24(17-26(25)30)37(34,35)31-28(33)12-9-22-8-6-20(18-32)16-27(22)36-14-13-19-5-7-21-3-1-2-4-23(21)15-19/h1-8,10-11,15-17,32H,9,12-14,18H2,(H,31,33). The van der Waals surface area contributed by atoms with Crippen LogP contribution in [0.5, 0.6) is 5.75 Å². The summed E-state index contributed by atoms with van der Waals surface area (Å²) >= 11 is 0. The average Bonchev–Trinajstić information content (AvgIpc) is 2.89. The van der Waals surface area contributed by atoms with E-state index in [1.165, 1.54) is 0 Å². The predicted octanol–water partition coefficient (Wildman–Crippen LogP) is 4.67. The number of nitrogens with one attached hydrogen (secondary N) is 1. The monoisotopic (exact) mass is 525 g/mol. The molecule has 0 heterocycles. The smallest absolute Gasteiger partial charge is 0.264 e. The molecule has 2 N–H and O–H groups in total. The largest absolute Gasteiger partial charge is 0.493 e. The van der Waals surface area contributed by atoms with Gasteiger partial charge in [-0.3, -0.25) is 4.79 Å². The van der Waals surface area contributed by atoms with Gasteiger partial charge in [-0.25, -0.2) is 21.9 Å². The number of carbonyl (C=O) groups is 1. The van der Waals surface area contributed by atoms with Crippen LogP contribution >= 0.6 is 0 Å². The Morgan fingerprint density at radius 2 is 1.59 bits per heavy atom. The Bertz CT molecular complexity index is 1540. The summed E-state index contributed by atoms with van der Waals surface area (Å²) in [5.41, 5.74) is 2.39. The van der Waals surface area contributed by atoms with Gasteiger partial charge in [-0.15, -0.1) is 0 Å². The number of rotatable bonds is 10. The summed E-state index contributed by atoms with van der Waals surface area (Å²) in [6, 6.07) is 21.4. The number of hydrogen-bond acceptors (Lipinski definition) is 5. The number of sulfonamides is 1. The average molecular weight is 526 g/mol. The Balaban J connectivity index is 1.39. The molecule has 1 amide bonds. The van der Waals surface area contributed by atoms with Gasteiger partial charge >= 0.3 is 0 Å². The number of aliphatic hydroxyl groups is 1. The lowest BCUT2D eigenvalue weighted by Crippen LogP contribution is -2.30. The van der Waals surface area contributed by atoms with E-state index in [1.807, 2.05) is 35.1 Å². The summed E-state index contributed by atoms with van der Waals surface area (Å²) in [5.74, 6) is -2.84. The van der Waals surface area contributed by atoms with Gasteiger partial charge < -0.3 is 9.84 Å². The van der Waals surface area contributed by atoms with E-state index in [1.54, 1.807) is 18.2 Å². The molecule has 0 saturated carbocycles. The summed E-state index contributed by atoms with van der Waals surface area (Å²) in [6.45, 7) is 0.172. The SMILES string of the molecule is O=C(CCc1ccc(CO)cc1OCCc1ccc2ccccc2c1)NS(=O)(=O)c1ccc(F)c(F)c1. The van der Waals surface area contributed by atoms with E-state index in [2.05, 4.69) is 12.1 Å². The van der Waals surface area contributed by atoms with E-state index in [0.29, 0.717) is 42.0 Å². The zero-order valence-corrected chi connectivity index (χ0v) is 20.6. The van der Waals surface area contributed by atoms with Gasteiger partial charge in [-0.05, 0) is 58.1 Å². The lowest BCUT2D eigenvalue weighted by Gasteiger charge is -2.14. The van der Waals surface area contributed by atoms with Crippen molar-refractivity contribution in [2.75, 3.05) is 6.61 Å². The maximum absolute atomic E-state index is 13.4. The van der Waals surface area contributed by atoms with E-state index in [0.717, 1.165) is 22.4 Å². The van der Waals surface area contributed by atoms with Crippen LogP contribution in [0.2, 0.25) is 0 Å². The predicted molar refractivity (Wildman–Crippen MR) is 136 cm³/mol. The number of carbonyl (C=O) groups excluding carboxylic acids is 1. The fourth-order valence-corrected chi connectivity index (χ4v) is 4.89. The second-order valence-corrected chi connectivity index (χ2v) is 10.2. The maximum atomic E-state index is 13.4. The molecule has 0 spiro atoms. The number of halogens is 2. The fourth-order valence-electron chi connectivity index (χ4n) is 3.86. The molecule has 0 fully saturated rings. The van der Waals surface area contributed by atoms with Crippen LogP contribution in [0.3, 0.4) is 0 Å². The van der Waals surface area contributed by atoms with E-state index in [4.69, 9.17) is 4.74 Å². The van der Waals surface area contributed by atoms with Crippen molar-refractivity contribution in [1.82, 2.24) is 4.72 Å². The molecule has 9 heteroatoms. The van der Waals surface area contributed by atoms with Gasteiger partial charge in [0.1, 0.15) is 5.75 Å². The molecule has 4 aromatic rings. The molecule has 0 aliphatic carbocycles. The second kappa shape index (κ2) is 11.5. The molecule has 4 aromatic carbocycles. The maximum Gasteiger partial charge on any atom is 0.264 e. The van der Waals surface area contributed by atoms with Crippen LogP contribution in [0.25, 0.3) is 10.8 Å². The summed E-state index contributed by atoms with van der Waals surface area (Å²) in [4.78, 5) is 11.8. The highest BCUT2D eigenvalue weighted by atomic mass is 32.2. The van der Waals surface area contributed by atoms with Gasteiger partial charge in [0, 0.05) is 12.8 Å². The van der Waals surface area contributed by atoms with Crippen LogP contribution in [-0.4, -0.2) is 26.0 Å². The van der Waals surface area contributed by atoms with Gasteiger partial charge in [0.05, 0.1) is 18.1 Å². The molecule has 0 aliphatic rings. The van der Waals surface area contributed by atoms with Crippen molar-refractivity contribution in [3.63, 3.8) is 0 Å². The molecule has 0 aromatic heterocycles. The lowest BCUT2D eigenvalue weighted by atomic mass is 10.0. The number of hydrogen-bond donors (Lipinski definition) is 2. The summed E-state index contributed by atoms with van der Waals surface area (Å²) in [7, 11) is -4.35. The van der Waals surface area contributed by atoms with Crippen molar-refractivity contribution < 1.29 is 31.8 Å². The quantitative estimate of drug-likeness (QED) is 0.314. The first-order chi connectivity index (χ1) is 17.7. The Morgan fingerprint density at radius 3 is 2.35 bits per heavy atom. The number of aliphatic hydroxyl groups excluding tert-OH is 1. The number of fused-ring (bicyclic) bond motifs is 1. The third-order valence-corrected chi connectivity index (χ3v) is 7.22. The van der Waals surface area contributed by atoms with Crippen molar-refractivity contribution >= 4 is 26.7 Å². The summed E-state index contributed by atoms with van der Waals surface area (Å²) < 4.78 is 59.1. The minimum Gasteiger partial charge on any atom is -0.493 e. The first-order valence-corrected chi connectivity index (χ1v) is 13.1. The highest BCUT2D eigenvalue weighted by Gasteiger charge is 2.20. The Kier molecular flexibility index (Phi) is 8.15. The highest BCUT2D eigenvalue weighted by Crippen LogP contribution is 2.24. The first-order valence-electron chi connectivity index (χ1n) is 11.6. The normalized spacial score (nSPS) is 11.4. The van der Waals surface area contributed by atoms with Crippen molar-refractivity contribution in [3.8, 4) is 5.75 Å². The fraction of sp³-hybridized carbons (Fsp3) is 0.179. The molecule has 0 aliphatic heterocycles. The minimum atomic E-state index is -4.35. The molecule has 0 atom stereocenters. The van der Waals surface area contributed by atoms with Crippen LogP contribution < -0.4 is 9.46 Å². The van der Waals surface area contributed by atoms with Crippen molar-refractivity contribution in [3.05, 3.63) is 107 Å². The summed E-state index contributed by atoms with van der Waals surface area (Å²) in [5, 5.41) is 11.8. The van der Waals surface area contributed by atoms with Gasteiger partial charge in [0.2, 0.25) is 5.91 Å². The Labute approximate surface area is 213 Å². The number of ether oxygens (including phenoxy) is 1. The van der Waals surface area contributed by atoms with Crippen LogP contribution in [0.15, 0.2) is 83.8 Å². The number of aryl methyl sites for hydroxylation is 1. The van der Waals surface area contributed by atoms with Gasteiger partial charge in [0.15, 0.2) is 11.6 Å². The van der Waals surface area contributed by atoms with Gasteiger partial charge in [-0.1, -0.05) is 54.6 Å². The zero-order chi connectivity index (χ0) is 26.4.